The molecule has 0 saturated carbocycles. The Balaban J connectivity index is 2.77. The van der Waals surface area contributed by atoms with E-state index in [4.69, 9.17) is 5.21 Å². The van der Waals surface area contributed by atoms with Crippen LogP contribution in [0.5, 0.6) is 0 Å². The van der Waals surface area contributed by atoms with Gasteiger partial charge in [-0.05, 0) is 24.5 Å². The van der Waals surface area contributed by atoms with Crippen LogP contribution in [-0.4, -0.2) is 16.8 Å². The van der Waals surface area contributed by atoms with Crippen LogP contribution in [0.15, 0.2) is 29.4 Å². The van der Waals surface area contributed by atoms with Crippen molar-refractivity contribution < 1.29 is 10.0 Å². The van der Waals surface area contributed by atoms with E-state index >= 15 is 0 Å². The molecule has 0 aromatic heterocycles. The van der Waals surface area contributed by atoms with Crippen LogP contribution in [0.4, 0.5) is 5.69 Å². The summed E-state index contributed by atoms with van der Waals surface area (Å²) in [6.45, 7) is 7.76. The van der Waals surface area contributed by atoms with Gasteiger partial charge < -0.3 is 10.5 Å². The van der Waals surface area contributed by atoms with Gasteiger partial charge >= 0.3 is 0 Å². The molecular weight excluding hydrogens is 228 g/mol. The summed E-state index contributed by atoms with van der Waals surface area (Å²) >= 11 is 0. The van der Waals surface area contributed by atoms with E-state index in [2.05, 4.69) is 10.5 Å². The lowest BCUT2D eigenvalue weighted by molar-refractivity contribution is -0.117. The van der Waals surface area contributed by atoms with Gasteiger partial charge in [0.2, 0.25) is 5.91 Å². The summed E-state index contributed by atoms with van der Waals surface area (Å²) in [5, 5.41) is 14.7. The van der Waals surface area contributed by atoms with Gasteiger partial charge in [-0.25, -0.2) is 0 Å². The van der Waals surface area contributed by atoms with Gasteiger partial charge in [0.15, 0.2) is 0 Å². The molecule has 0 aliphatic carbocycles. The Bertz CT molecular complexity index is 459. The topological polar surface area (TPSA) is 61.7 Å². The molecule has 4 nitrogen and oxygen atoms in total. The van der Waals surface area contributed by atoms with E-state index in [0.717, 1.165) is 5.56 Å². The largest absolute Gasteiger partial charge is 0.411 e. The van der Waals surface area contributed by atoms with Gasteiger partial charge in [0.25, 0.3) is 0 Å². The summed E-state index contributed by atoms with van der Waals surface area (Å²) in [5.41, 5.74) is 1.97. The first-order valence-corrected chi connectivity index (χ1v) is 5.91. The molecule has 1 rings (SSSR count). The minimum Gasteiger partial charge on any atom is -0.411 e. The maximum atomic E-state index is 11.8. The molecule has 0 heterocycles. The molecule has 0 saturated heterocycles. The molecule has 4 heteroatoms. The molecule has 1 aromatic rings. The first kappa shape index (κ1) is 14.2. The van der Waals surface area contributed by atoms with Crippen molar-refractivity contribution in [2.75, 3.05) is 5.32 Å². The van der Waals surface area contributed by atoms with Crippen LogP contribution in [0, 0.1) is 5.41 Å². The summed E-state index contributed by atoms with van der Waals surface area (Å²) < 4.78 is 0. The number of rotatable bonds is 3. The van der Waals surface area contributed by atoms with E-state index in [-0.39, 0.29) is 11.3 Å². The van der Waals surface area contributed by atoms with Crippen LogP contribution in [0.3, 0.4) is 0 Å². The third kappa shape index (κ3) is 4.57. The Labute approximate surface area is 108 Å². The van der Waals surface area contributed by atoms with E-state index < -0.39 is 0 Å². The first-order valence-electron chi connectivity index (χ1n) is 5.91. The third-order valence-corrected chi connectivity index (χ3v) is 2.40. The summed E-state index contributed by atoms with van der Waals surface area (Å²) in [7, 11) is 0. The number of hydrogen-bond acceptors (Lipinski definition) is 3. The van der Waals surface area contributed by atoms with E-state index in [0.29, 0.717) is 17.8 Å². The Morgan fingerprint density at radius 2 is 2.06 bits per heavy atom. The molecular formula is C14H20N2O2. The van der Waals surface area contributed by atoms with Gasteiger partial charge in [-0.1, -0.05) is 38.1 Å². The Morgan fingerprint density at radius 1 is 1.39 bits per heavy atom. The molecule has 0 radical (unpaired) electrons. The van der Waals surface area contributed by atoms with Crippen molar-refractivity contribution in [3.63, 3.8) is 0 Å². The second-order valence-electron chi connectivity index (χ2n) is 5.55. The molecule has 0 unspecified atom stereocenters. The normalized spacial score (nSPS) is 12.3. The molecule has 0 aliphatic rings. The minimum absolute atomic E-state index is 0.0155. The number of hydrogen-bond donors (Lipinski definition) is 2. The SMILES string of the molecule is C/C(=N\O)c1cccc(NC(=O)CC(C)(C)C)c1. The Morgan fingerprint density at radius 3 is 2.61 bits per heavy atom. The fraction of sp³-hybridized carbons (Fsp3) is 0.429. The molecule has 98 valence electrons. The maximum absolute atomic E-state index is 11.8. The van der Waals surface area contributed by atoms with Crippen LogP contribution in [0.25, 0.3) is 0 Å². The van der Waals surface area contributed by atoms with E-state index in [1.165, 1.54) is 0 Å². The lowest BCUT2D eigenvalue weighted by Crippen LogP contribution is -2.19. The second-order valence-corrected chi connectivity index (χ2v) is 5.55. The summed E-state index contributed by atoms with van der Waals surface area (Å²) in [4.78, 5) is 11.8. The van der Waals surface area contributed by atoms with E-state index in [1.54, 1.807) is 13.0 Å². The van der Waals surface area contributed by atoms with Gasteiger partial charge in [0, 0.05) is 17.7 Å². The number of carbonyl (C=O) groups is 1. The average Bonchev–Trinajstić information content (AvgIpc) is 2.25. The molecule has 0 bridgehead atoms. The van der Waals surface area contributed by atoms with Gasteiger partial charge in [0.1, 0.15) is 0 Å². The molecule has 0 aliphatic heterocycles. The molecule has 18 heavy (non-hydrogen) atoms. The zero-order valence-corrected chi connectivity index (χ0v) is 11.3. The smallest absolute Gasteiger partial charge is 0.224 e. The highest BCUT2D eigenvalue weighted by Gasteiger charge is 2.15. The van der Waals surface area contributed by atoms with Crippen molar-refractivity contribution in [3.05, 3.63) is 29.8 Å². The number of oxime groups is 1. The maximum Gasteiger partial charge on any atom is 0.224 e. The van der Waals surface area contributed by atoms with Crippen molar-refractivity contribution >= 4 is 17.3 Å². The van der Waals surface area contributed by atoms with Gasteiger partial charge in [-0.2, -0.15) is 0 Å². The minimum atomic E-state index is -0.0375. The highest BCUT2D eigenvalue weighted by atomic mass is 16.4. The standard InChI is InChI=1S/C14H20N2O2/c1-10(16-18)11-6-5-7-12(8-11)15-13(17)9-14(2,3)4/h5-8,18H,9H2,1-4H3,(H,15,17)/b16-10+. The predicted octanol–water partition coefficient (Wildman–Crippen LogP) is 3.26. The number of benzene rings is 1. The number of nitrogens with zero attached hydrogens (tertiary/aromatic N) is 1. The molecule has 0 fully saturated rings. The molecule has 1 aromatic carbocycles. The highest BCUT2D eigenvalue weighted by molar-refractivity contribution is 6.00. The van der Waals surface area contributed by atoms with Crippen molar-refractivity contribution in [2.45, 2.75) is 34.1 Å². The average molecular weight is 248 g/mol. The van der Waals surface area contributed by atoms with Gasteiger partial charge in [0.05, 0.1) is 5.71 Å². The Hall–Kier alpha value is -1.84. The van der Waals surface area contributed by atoms with Crippen LogP contribution in [0.2, 0.25) is 0 Å². The lowest BCUT2D eigenvalue weighted by atomic mass is 9.92. The summed E-state index contributed by atoms with van der Waals surface area (Å²) in [6, 6.07) is 7.25. The lowest BCUT2D eigenvalue weighted by Gasteiger charge is -2.17. The Kier molecular flexibility index (Phi) is 4.48. The number of carbonyl (C=O) groups excluding carboxylic acids is 1. The molecule has 0 spiro atoms. The molecule has 0 atom stereocenters. The van der Waals surface area contributed by atoms with Crippen LogP contribution in [-0.2, 0) is 4.79 Å². The summed E-state index contributed by atoms with van der Waals surface area (Å²) in [6.07, 6.45) is 0.463. The highest BCUT2D eigenvalue weighted by Crippen LogP contribution is 2.20. The van der Waals surface area contributed by atoms with E-state index in [9.17, 15) is 4.79 Å². The van der Waals surface area contributed by atoms with Crippen LogP contribution < -0.4 is 5.32 Å². The predicted molar refractivity (Wildman–Crippen MR) is 73.1 cm³/mol. The summed E-state index contributed by atoms with van der Waals surface area (Å²) in [5.74, 6) is -0.0155. The van der Waals surface area contributed by atoms with Gasteiger partial charge in [-0.3, -0.25) is 4.79 Å². The first-order chi connectivity index (χ1) is 8.31. The van der Waals surface area contributed by atoms with Crippen molar-refractivity contribution in [2.24, 2.45) is 10.6 Å². The van der Waals surface area contributed by atoms with Gasteiger partial charge in [-0.15, -0.1) is 0 Å². The van der Waals surface area contributed by atoms with Crippen molar-refractivity contribution in [3.8, 4) is 0 Å². The van der Waals surface area contributed by atoms with Crippen molar-refractivity contribution in [1.82, 2.24) is 0 Å². The number of anilines is 1. The quantitative estimate of drug-likeness (QED) is 0.490. The third-order valence-electron chi connectivity index (χ3n) is 2.40. The second kappa shape index (κ2) is 5.67. The van der Waals surface area contributed by atoms with Crippen LogP contribution >= 0.6 is 0 Å². The number of nitrogens with one attached hydrogen (secondary N) is 1. The zero-order valence-electron chi connectivity index (χ0n) is 11.3. The monoisotopic (exact) mass is 248 g/mol. The van der Waals surface area contributed by atoms with Crippen LogP contribution in [0.1, 0.15) is 39.7 Å². The molecule has 1 amide bonds. The fourth-order valence-corrected chi connectivity index (χ4v) is 1.57. The fourth-order valence-electron chi connectivity index (χ4n) is 1.57. The van der Waals surface area contributed by atoms with E-state index in [1.807, 2.05) is 39.0 Å². The number of amides is 1. The van der Waals surface area contributed by atoms with Crippen molar-refractivity contribution in [1.29, 1.82) is 0 Å². The molecule has 2 N–H and O–H groups in total. The zero-order chi connectivity index (χ0) is 13.8.